The molecule has 1 aromatic rings. The summed E-state index contributed by atoms with van der Waals surface area (Å²) >= 11 is 0. The molecule has 1 aliphatic carbocycles. The van der Waals surface area contributed by atoms with Crippen LogP contribution in [-0.2, 0) is 12.8 Å². The van der Waals surface area contributed by atoms with Gasteiger partial charge in [0.05, 0.1) is 5.69 Å². The van der Waals surface area contributed by atoms with E-state index in [1.54, 1.807) is 0 Å². The lowest BCUT2D eigenvalue weighted by atomic mass is 9.97. The minimum absolute atomic E-state index is 1.09. The number of hydrogen-bond donors (Lipinski definition) is 0. The lowest BCUT2D eigenvalue weighted by molar-refractivity contribution is 0.369. The van der Waals surface area contributed by atoms with Crippen molar-refractivity contribution in [3.8, 4) is 0 Å². The van der Waals surface area contributed by atoms with Crippen LogP contribution in [0.25, 0.3) is 0 Å². The van der Waals surface area contributed by atoms with E-state index in [-0.39, 0.29) is 0 Å². The number of aryl methyl sites for hydroxylation is 2. The van der Waals surface area contributed by atoms with Crippen LogP contribution in [0.1, 0.15) is 43.7 Å². The van der Waals surface area contributed by atoms with E-state index in [1.807, 2.05) is 20.8 Å². The van der Waals surface area contributed by atoms with E-state index >= 15 is 0 Å². The first-order chi connectivity index (χ1) is 5.88. The third kappa shape index (κ3) is 1.68. The van der Waals surface area contributed by atoms with Crippen LogP contribution in [0.2, 0.25) is 0 Å². The quantitative estimate of drug-likeness (QED) is 0.593. The Bertz CT molecular complexity index is 240. The van der Waals surface area contributed by atoms with Gasteiger partial charge in [0.1, 0.15) is 5.76 Å². The number of nitrogens with zero attached hydrogens (tertiary/aromatic N) is 1. The Balaban J connectivity index is 0.000000336. The third-order valence-corrected chi connectivity index (χ3v) is 2.15. The zero-order chi connectivity index (χ0) is 8.97. The first-order valence-electron chi connectivity index (χ1n) is 4.82. The molecule has 0 saturated heterocycles. The summed E-state index contributed by atoms with van der Waals surface area (Å²) in [6.45, 7) is 6.02. The van der Waals surface area contributed by atoms with Gasteiger partial charge in [0.15, 0.2) is 0 Å². The van der Waals surface area contributed by atoms with Gasteiger partial charge >= 0.3 is 0 Å². The highest BCUT2D eigenvalue weighted by molar-refractivity contribution is 5.23. The molecule has 0 aromatic carbocycles. The largest absolute Gasteiger partial charge is 0.361 e. The molecule has 2 nitrogen and oxygen atoms in total. The molecule has 0 atom stereocenters. The Hall–Kier alpha value is -0.790. The van der Waals surface area contributed by atoms with E-state index < -0.39 is 0 Å². The van der Waals surface area contributed by atoms with Crippen molar-refractivity contribution in [1.29, 1.82) is 0 Å². The van der Waals surface area contributed by atoms with E-state index in [1.165, 1.54) is 24.8 Å². The maximum absolute atomic E-state index is 5.14. The summed E-state index contributed by atoms with van der Waals surface area (Å²) < 4.78 is 5.14. The first-order valence-corrected chi connectivity index (χ1v) is 4.82. The fourth-order valence-corrected chi connectivity index (χ4v) is 1.54. The second-order valence-corrected chi connectivity index (χ2v) is 2.88. The van der Waals surface area contributed by atoms with Gasteiger partial charge in [-0.1, -0.05) is 19.0 Å². The van der Waals surface area contributed by atoms with Crippen molar-refractivity contribution < 1.29 is 4.52 Å². The molecule has 0 amide bonds. The van der Waals surface area contributed by atoms with E-state index in [0.29, 0.717) is 0 Å². The summed E-state index contributed by atoms with van der Waals surface area (Å²) in [7, 11) is 0. The second kappa shape index (κ2) is 4.29. The van der Waals surface area contributed by atoms with Crippen LogP contribution in [0.3, 0.4) is 0 Å². The molecule has 0 aliphatic heterocycles. The van der Waals surface area contributed by atoms with E-state index in [0.717, 1.165) is 17.9 Å². The van der Waals surface area contributed by atoms with Crippen LogP contribution in [0.4, 0.5) is 0 Å². The van der Waals surface area contributed by atoms with Gasteiger partial charge in [0.2, 0.25) is 0 Å². The van der Waals surface area contributed by atoms with Gasteiger partial charge in [-0.05, 0) is 26.2 Å². The number of rotatable bonds is 0. The molecule has 1 aliphatic rings. The molecule has 1 aromatic heterocycles. The molecule has 68 valence electrons. The van der Waals surface area contributed by atoms with E-state index in [4.69, 9.17) is 4.52 Å². The molecule has 0 fully saturated rings. The molecule has 0 unspecified atom stereocenters. The van der Waals surface area contributed by atoms with Gasteiger partial charge in [-0.3, -0.25) is 0 Å². The molecule has 1 heterocycles. The van der Waals surface area contributed by atoms with Crippen molar-refractivity contribution in [1.82, 2.24) is 5.16 Å². The highest BCUT2D eigenvalue weighted by atomic mass is 16.5. The second-order valence-electron chi connectivity index (χ2n) is 2.88. The van der Waals surface area contributed by atoms with Crippen LogP contribution in [-0.4, -0.2) is 5.16 Å². The SMILES string of the molecule is CC.Cc1noc2c1CCCC2. The fourth-order valence-electron chi connectivity index (χ4n) is 1.54. The zero-order valence-electron chi connectivity index (χ0n) is 8.18. The topological polar surface area (TPSA) is 26.0 Å². The van der Waals surface area contributed by atoms with Crippen LogP contribution < -0.4 is 0 Å². The monoisotopic (exact) mass is 167 g/mol. The van der Waals surface area contributed by atoms with Gasteiger partial charge < -0.3 is 4.52 Å². The molecule has 0 radical (unpaired) electrons. The molecular formula is C10H17NO. The Morgan fingerprint density at radius 3 is 2.50 bits per heavy atom. The van der Waals surface area contributed by atoms with Crippen molar-refractivity contribution in [3.05, 3.63) is 17.0 Å². The highest BCUT2D eigenvalue weighted by Crippen LogP contribution is 2.22. The summed E-state index contributed by atoms with van der Waals surface area (Å²) in [6.07, 6.45) is 4.83. The maximum atomic E-state index is 5.14. The molecule has 2 rings (SSSR count). The van der Waals surface area contributed by atoms with Gasteiger partial charge in [-0.25, -0.2) is 0 Å². The Kier molecular flexibility index (Phi) is 3.32. The van der Waals surface area contributed by atoms with Crippen LogP contribution in [0.15, 0.2) is 4.52 Å². The smallest absolute Gasteiger partial charge is 0.140 e. The third-order valence-electron chi connectivity index (χ3n) is 2.15. The molecule has 2 heteroatoms. The van der Waals surface area contributed by atoms with Crippen molar-refractivity contribution >= 4 is 0 Å². The lowest BCUT2D eigenvalue weighted by Crippen LogP contribution is -1.99. The Morgan fingerprint density at radius 1 is 1.17 bits per heavy atom. The average Bonchev–Trinajstić information content (AvgIpc) is 2.53. The zero-order valence-corrected chi connectivity index (χ0v) is 8.18. The van der Waals surface area contributed by atoms with E-state index in [2.05, 4.69) is 5.16 Å². The normalized spacial score (nSPS) is 14.6. The van der Waals surface area contributed by atoms with Crippen molar-refractivity contribution in [2.24, 2.45) is 0 Å². The molecule has 0 N–H and O–H groups in total. The maximum Gasteiger partial charge on any atom is 0.140 e. The average molecular weight is 167 g/mol. The molecule has 0 saturated carbocycles. The standard InChI is InChI=1S/C8H11NO.C2H6/c1-6-7-4-2-3-5-8(7)10-9-6;1-2/h2-5H2,1H3;1-2H3. The number of hydrogen-bond acceptors (Lipinski definition) is 2. The first kappa shape index (κ1) is 9.30. The minimum atomic E-state index is 1.09. The summed E-state index contributed by atoms with van der Waals surface area (Å²) in [5.74, 6) is 1.13. The Morgan fingerprint density at radius 2 is 1.83 bits per heavy atom. The van der Waals surface area contributed by atoms with Gasteiger partial charge in [0, 0.05) is 12.0 Å². The van der Waals surface area contributed by atoms with Gasteiger partial charge in [-0.15, -0.1) is 0 Å². The molecular weight excluding hydrogens is 150 g/mol. The van der Waals surface area contributed by atoms with Crippen molar-refractivity contribution in [3.63, 3.8) is 0 Å². The fraction of sp³-hybridized carbons (Fsp3) is 0.700. The lowest BCUT2D eigenvalue weighted by Gasteiger charge is -2.06. The molecule has 0 spiro atoms. The summed E-state index contributed by atoms with van der Waals surface area (Å²) in [4.78, 5) is 0. The summed E-state index contributed by atoms with van der Waals surface area (Å²) in [5, 5.41) is 3.92. The van der Waals surface area contributed by atoms with Gasteiger partial charge in [0.25, 0.3) is 0 Å². The highest BCUT2D eigenvalue weighted by Gasteiger charge is 2.15. The number of fused-ring (bicyclic) bond motifs is 1. The van der Waals surface area contributed by atoms with Crippen molar-refractivity contribution in [2.75, 3.05) is 0 Å². The predicted octanol–water partition coefficient (Wildman–Crippen LogP) is 2.89. The van der Waals surface area contributed by atoms with E-state index in [9.17, 15) is 0 Å². The minimum Gasteiger partial charge on any atom is -0.361 e. The van der Waals surface area contributed by atoms with Crippen LogP contribution in [0.5, 0.6) is 0 Å². The number of aromatic nitrogens is 1. The summed E-state index contributed by atoms with van der Waals surface area (Å²) in [5.41, 5.74) is 2.46. The predicted molar refractivity (Wildman–Crippen MR) is 49.2 cm³/mol. The van der Waals surface area contributed by atoms with Gasteiger partial charge in [-0.2, -0.15) is 0 Å². The molecule has 12 heavy (non-hydrogen) atoms. The summed E-state index contributed by atoms with van der Waals surface area (Å²) in [6, 6.07) is 0. The Labute approximate surface area is 74.0 Å². The molecule has 0 bridgehead atoms. The van der Waals surface area contributed by atoms with Crippen LogP contribution in [0, 0.1) is 6.92 Å². The van der Waals surface area contributed by atoms with Crippen LogP contribution >= 0.6 is 0 Å². The van der Waals surface area contributed by atoms with Crippen molar-refractivity contribution in [2.45, 2.75) is 46.5 Å².